The second-order valence-corrected chi connectivity index (χ2v) is 10.8. The number of nitrogens with zero attached hydrogens (tertiary/aromatic N) is 3. The SMILES string of the molecule is C[C@@H]1c2cccc3cccc(c23)[C@@H]1N1CCC(N2C(=O)C(O)(CC(=O)N(C)C)c3ccccc32)CC1. The zero-order valence-corrected chi connectivity index (χ0v) is 21.1. The molecule has 1 N–H and O–H groups in total. The van der Waals surface area contributed by atoms with Gasteiger partial charge >= 0.3 is 0 Å². The fourth-order valence-corrected chi connectivity index (χ4v) is 6.77. The van der Waals surface area contributed by atoms with Gasteiger partial charge in [-0.3, -0.25) is 14.5 Å². The molecule has 6 rings (SSSR count). The molecule has 2 heterocycles. The van der Waals surface area contributed by atoms with E-state index in [2.05, 4.69) is 48.2 Å². The lowest BCUT2D eigenvalue weighted by atomic mass is 9.91. The van der Waals surface area contributed by atoms with Crippen molar-refractivity contribution in [3.63, 3.8) is 0 Å². The first-order valence-electron chi connectivity index (χ1n) is 12.9. The summed E-state index contributed by atoms with van der Waals surface area (Å²) in [6.07, 6.45) is 1.41. The predicted molar refractivity (Wildman–Crippen MR) is 141 cm³/mol. The molecule has 3 aromatic carbocycles. The van der Waals surface area contributed by atoms with Crippen molar-refractivity contribution >= 4 is 28.3 Å². The van der Waals surface area contributed by atoms with Crippen molar-refractivity contribution in [3.8, 4) is 0 Å². The number of amides is 2. The molecular formula is C30H33N3O3. The van der Waals surface area contributed by atoms with E-state index in [1.165, 1.54) is 26.8 Å². The molecule has 1 unspecified atom stereocenters. The van der Waals surface area contributed by atoms with E-state index in [1.54, 1.807) is 25.1 Å². The van der Waals surface area contributed by atoms with Crippen molar-refractivity contribution < 1.29 is 14.7 Å². The number of carbonyl (C=O) groups excluding carboxylic acids is 2. The molecule has 186 valence electrons. The standard InChI is InChI=1S/C30H33N3O3/c1-19-22-10-6-8-20-9-7-11-23(27(20)22)28(19)32-16-14-21(15-17-32)33-25-13-5-4-12-24(25)30(36,29(33)35)18-26(34)31(2)3/h4-13,19,21,28,36H,14-18H2,1-3H3/t19-,28-,30?/m1/s1. The van der Waals surface area contributed by atoms with Gasteiger partial charge in [0.05, 0.1) is 12.1 Å². The highest BCUT2D eigenvalue weighted by molar-refractivity contribution is 6.09. The molecule has 2 aliphatic heterocycles. The maximum Gasteiger partial charge on any atom is 0.264 e. The Morgan fingerprint density at radius 2 is 1.67 bits per heavy atom. The lowest BCUT2D eigenvalue weighted by Gasteiger charge is -2.41. The van der Waals surface area contributed by atoms with Crippen LogP contribution in [0.3, 0.4) is 0 Å². The molecule has 36 heavy (non-hydrogen) atoms. The number of rotatable bonds is 4. The maximum absolute atomic E-state index is 13.7. The summed E-state index contributed by atoms with van der Waals surface area (Å²) in [5.74, 6) is -0.219. The summed E-state index contributed by atoms with van der Waals surface area (Å²) in [5, 5.41) is 14.2. The summed E-state index contributed by atoms with van der Waals surface area (Å²) < 4.78 is 0. The maximum atomic E-state index is 13.7. The van der Waals surface area contributed by atoms with Crippen molar-refractivity contribution in [3.05, 3.63) is 77.4 Å². The van der Waals surface area contributed by atoms with Crippen molar-refractivity contribution in [2.24, 2.45) is 0 Å². The first-order valence-corrected chi connectivity index (χ1v) is 12.9. The highest BCUT2D eigenvalue weighted by Gasteiger charge is 2.53. The van der Waals surface area contributed by atoms with Gasteiger partial charge in [-0.05, 0) is 40.8 Å². The largest absolute Gasteiger partial charge is 0.375 e. The first-order chi connectivity index (χ1) is 17.3. The van der Waals surface area contributed by atoms with Crippen LogP contribution in [0.4, 0.5) is 5.69 Å². The van der Waals surface area contributed by atoms with Gasteiger partial charge < -0.3 is 14.9 Å². The molecule has 6 heteroatoms. The van der Waals surface area contributed by atoms with Gasteiger partial charge in [-0.15, -0.1) is 0 Å². The minimum absolute atomic E-state index is 0.00624. The predicted octanol–water partition coefficient (Wildman–Crippen LogP) is 4.18. The third-order valence-corrected chi connectivity index (χ3v) is 8.60. The van der Waals surface area contributed by atoms with Crippen LogP contribution in [0.2, 0.25) is 0 Å². The minimum atomic E-state index is -1.81. The Kier molecular flexibility index (Phi) is 5.43. The highest BCUT2D eigenvalue weighted by Crippen LogP contribution is 2.50. The van der Waals surface area contributed by atoms with E-state index in [-0.39, 0.29) is 24.3 Å². The number of benzene rings is 3. The summed E-state index contributed by atoms with van der Waals surface area (Å²) in [6, 6.07) is 21.0. The Hall–Kier alpha value is -3.22. The van der Waals surface area contributed by atoms with Crippen LogP contribution in [-0.4, -0.2) is 59.9 Å². The molecule has 3 atom stereocenters. The van der Waals surface area contributed by atoms with Crippen LogP contribution >= 0.6 is 0 Å². The molecule has 3 aromatic rings. The molecule has 6 nitrogen and oxygen atoms in total. The lowest BCUT2D eigenvalue weighted by molar-refractivity contribution is -0.146. The second-order valence-electron chi connectivity index (χ2n) is 10.8. The average molecular weight is 484 g/mol. The van der Waals surface area contributed by atoms with Gasteiger partial charge in [0.25, 0.3) is 5.91 Å². The van der Waals surface area contributed by atoms with Gasteiger partial charge in [-0.2, -0.15) is 0 Å². The summed E-state index contributed by atoms with van der Waals surface area (Å²) >= 11 is 0. The fourth-order valence-electron chi connectivity index (χ4n) is 6.77. The van der Waals surface area contributed by atoms with Crippen molar-refractivity contribution in [2.45, 2.75) is 49.8 Å². The van der Waals surface area contributed by atoms with Crippen LogP contribution in [0.25, 0.3) is 10.8 Å². The number of para-hydroxylation sites is 1. The molecule has 0 spiro atoms. The van der Waals surface area contributed by atoms with E-state index in [0.29, 0.717) is 17.5 Å². The van der Waals surface area contributed by atoms with Gasteiger partial charge in [-0.25, -0.2) is 0 Å². The molecule has 1 fully saturated rings. The molecular weight excluding hydrogens is 450 g/mol. The van der Waals surface area contributed by atoms with Crippen LogP contribution in [0.15, 0.2) is 60.7 Å². The molecule has 0 radical (unpaired) electrons. The van der Waals surface area contributed by atoms with E-state index in [9.17, 15) is 14.7 Å². The van der Waals surface area contributed by atoms with Crippen molar-refractivity contribution in [2.75, 3.05) is 32.1 Å². The Labute approximate surface area is 212 Å². The monoisotopic (exact) mass is 483 g/mol. The first kappa shape index (κ1) is 23.2. The Morgan fingerprint density at radius 1 is 1.00 bits per heavy atom. The van der Waals surface area contributed by atoms with E-state index in [0.717, 1.165) is 31.6 Å². The van der Waals surface area contributed by atoms with E-state index in [4.69, 9.17) is 0 Å². The van der Waals surface area contributed by atoms with Crippen LogP contribution < -0.4 is 4.90 Å². The van der Waals surface area contributed by atoms with Gasteiger partial charge in [0.1, 0.15) is 0 Å². The van der Waals surface area contributed by atoms with Gasteiger partial charge in [0, 0.05) is 50.7 Å². The summed E-state index contributed by atoms with van der Waals surface area (Å²) in [5.41, 5.74) is 2.30. The number of likely N-dealkylation sites (tertiary alicyclic amines) is 1. The quantitative estimate of drug-likeness (QED) is 0.605. The number of aliphatic hydroxyl groups is 1. The molecule has 1 aliphatic carbocycles. The zero-order valence-electron chi connectivity index (χ0n) is 21.1. The van der Waals surface area contributed by atoms with Crippen LogP contribution in [0.5, 0.6) is 0 Å². The molecule has 2 amide bonds. The average Bonchev–Trinajstić information content (AvgIpc) is 3.29. The number of hydrogen-bond donors (Lipinski definition) is 1. The summed E-state index contributed by atoms with van der Waals surface area (Å²) in [4.78, 5) is 32.0. The summed E-state index contributed by atoms with van der Waals surface area (Å²) in [7, 11) is 3.29. The molecule has 0 aromatic heterocycles. The summed E-state index contributed by atoms with van der Waals surface area (Å²) in [6.45, 7) is 4.09. The van der Waals surface area contributed by atoms with E-state index < -0.39 is 5.60 Å². The second kappa shape index (κ2) is 8.43. The molecule has 0 saturated carbocycles. The fraction of sp³-hybridized carbons (Fsp3) is 0.400. The lowest BCUT2D eigenvalue weighted by Crippen LogP contribution is -2.51. The number of piperidine rings is 1. The third kappa shape index (κ3) is 3.31. The Morgan fingerprint density at radius 3 is 2.36 bits per heavy atom. The number of hydrogen-bond acceptors (Lipinski definition) is 4. The van der Waals surface area contributed by atoms with Crippen molar-refractivity contribution in [1.82, 2.24) is 9.80 Å². The normalized spacial score (nSPS) is 26.0. The van der Waals surface area contributed by atoms with Crippen LogP contribution in [-0.2, 0) is 15.2 Å². The van der Waals surface area contributed by atoms with Gasteiger partial charge in [0.15, 0.2) is 5.60 Å². The number of carbonyl (C=O) groups is 2. The highest BCUT2D eigenvalue weighted by atomic mass is 16.3. The van der Waals surface area contributed by atoms with Crippen molar-refractivity contribution in [1.29, 1.82) is 0 Å². The molecule has 1 saturated heterocycles. The zero-order chi connectivity index (χ0) is 25.2. The van der Waals surface area contributed by atoms with E-state index >= 15 is 0 Å². The Balaban J connectivity index is 1.25. The molecule has 3 aliphatic rings. The smallest absolute Gasteiger partial charge is 0.264 e. The number of fused-ring (bicyclic) bond motifs is 1. The topological polar surface area (TPSA) is 64.1 Å². The van der Waals surface area contributed by atoms with E-state index in [1.807, 2.05) is 18.2 Å². The number of anilines is 1. The minimum Gasteiger partial charge on any atom is -0.375 e. The van der Waals surface area contributed by atoms with Gasteiger partial charge in [0.2, 0.25) is 5.91 Å². The molecule has 0 bridgehead atoms. The van der Waals surface area contributed by atoms with Crippen LogP contribution in [0, 0.1) is 0 Å². The van der Waals surface area contributed by atoms with Gasteiger partial charge in [-0.1, -0.05) is 61.5 Å². The third-order valence-electron chi connectivity index (χ3n) is 8.60. The Bertz CT molecular complexity index is 1360. The van der Waals surface area contributed by atoms with Crippen LogP contribution in [0.1, 0.15) is 54.8 Å².